The Morgan fingerprint density at radius 1 is 0.386 bits per heavy atom. The molecule has 12 aromatic rings. The lowest BCUT2D eigenvalue weighted by molar-refractivity contribution is 0.623. The molecule has 0 fully saturated rings. The second-order valence-corrected chi connectivity index (χ2v) is 15.8. The minimum Gasteiger partial charge on any atom is -0.435 e. The van der Waals surface area contributed by atoms with Crippen molar-refractivity contribution in [1.29, 1.82) is 0 Å². The van der Waals surface area contributed by atoms with Crippen molar-refractivity contribution in [3.05, 3.63) is 194 Å². The zero-order chi connectivity index (χ0) is 37.5. The maximum atomic E-state index is 6.74. The van der Waals surface area contributed by atoms with E-state index in [1.807, 2.05) is 11.3 Å². The fourth-order valence-electron chi connectivity index (χ4n) is 8.65. The van der Waals surface area contributed by atoms with Crippen molar-refractivity contribution >= 4 is 103 Å². The van der Waals surface area contributed by atoms with Crippen LogP contribution in [0.5, 0.6) is 0 Å². The fraction of sp³-hybridized carbons (Fsp3) is 0. The van der Waals surface area contributed by atoms with E-state index in [1.54, 1.807) is 0 Å². The molecule has 0 unspecified atom stereocenters. The monoisotopic (exact) mass is 744 g/mol. The quantitative estimate of drug-likeness (QED) is 0.164. The average Bonchev–Trinajstić information content (AvgIpc) is 3.88. The van der Waals surface area contributed by atoms with Crippen molar-refractivity contribution in [2.75, 3.05) is 4.90 Å². The molecule has 4 heteroatoms. The van der Waals surface area contributed by atoms with Crippen molar-refractivity contribution in [3.8, 4) is 22.6 Å². The molecule has 0 N–H and O–H groups in total. The third-order valence-corrected chi connectivity index (χ3v) is 12.6. The maximum absolute atomic E-state index is 6.74. The second kappa shape index (κ2) is 12.6. The number of nitrogens with zero attached hydrogens (tertiary/aromatic N) is 2. The lowest BCUT2D eigenvalue weighted by Crippen LogP contribution is -2.09. The van der Waals surface area contributed by atoms with E-state index in [0.717, 1.165) is 55.4 Å². The minimum absolute atomic E-state index is 0.621. The molecular formula is C53H32N2OS. The van der Waals surface area contributed by atoms with Gasteiger partial charge >= 0.3 is 0 Å². The molecule has 10 aromatic carbocycles. The van der Waals surface area contributed by atoms with Crippen LogP contribution >= 0.6 is 11.3 Å². The zero-order valence-corrected chi connectivity index (χ0v) is 31.5. The van der Waals surface area contributed by atoms with Crippen molar-refractivity contribution in [2.45, 2.75) is 0 Å². The van der Waals surface area contributed by atoms with Crippen molar-refractivity contribution < 1.29 is 4.42 Å². The molecule has 3 nitrogen and oxygen atoms in total. The van der Waals surface area contributed by atoms with Crippen LogP contribution in [-0.4, -0.2) is 4.98 Å². The van der Waals surface area contributed by atoms with Gasteiger partial charge in [-0.3, -0.25) is 0 Å². The van der Waals surface area contributed by atoms with Gasteiger partial charge in [-0.25, -0.2) is 4.98 Å². The number of fused-ring (bicyclic) bond motifs is 11. The average molecular weight is 745 g/mol. The predicted molar refractivity (Wildman–Crippen MR) is 242 cm³/mol. The minimum atomic E-state index is 0.621. The van der Waals surface area contributed by atoms with Crippen molar-refractivity contribution in [1.82, 2.24) is 4.98 Å². The van der Waals surface area contributed by atoms with Crippen LogP contribution in [0, 0.1) is 0 Å². The Kier molecular flexibility index (Phi) is 7.10. The summed E-state index contributed by atoms with van der Waals surface area (Å²) in [6.07, 6.45) is 0. The first kappa shape index (κ1) is 32.0. The molecule has 12 rings (SSSR count). The van der Waals surface area contributed by atoms with Crippen LogP contribution in [0.4, 0.5) is 17.1 Å². The number of oxazole rings is 1. The number of rotatable bonds is 5. The fourth-order valence-corrected chi connectivity index (χ4v) is 9.79. The normalized spacial score (nSPS) is 11.9. The summed E-state index contributed by atoms with van der Waals surface area (Å²) < 4.78 is 9.33. The van der Waals surface area contributed by atoms with E-state index in [4.69, 9.17) is 9.40 Å². The molecule has 0 aliphatic rings. The van der Waals surface area contributed by atoms with Gasteiger partial charge in [-0.15, -0.1) is 11.3 Å². The van der Waals surface area contributed by atoms with Gasteiger partial charge in [0.05, 0.1) is 0 Å². The van der Waals surface area contributed by atoms with E-state index < -0.39 is 0 Å². The summed E-state index contributed by atoms with van der Waals surface area (Å²) in [6.45, 7) is 0. The molecule has 0 atom stereocenters. The molecule has 0 saturated heterocycles. The van der Waals surface area contributed by atoms with E-state index in [-0.39, 0.29) is 0 Å². The van der Waals surface area contributed by atoms with Crippen LogP contribution < -0.4 is 4.90 Å². The summed E-state index contributed by atoms with van der Waals surface area (Å²) in [7, 11) is 0. The highest BCUT2D eigenvalue weighted by molar-refractivity contribution is 7.25. The van der Waals surface area contributed by atoms with Gasteiger partial charge in [-0.05, 0) is 110 Å². The highest BCUT2D eigenvalue weighted by Gasteiger charge is 2.18. The number of hydrogen-bond donors (Lipinski definition) is 0. The van der Waals surface area contributed by atoms with Crippen LogP contribution in [0.2, 0.25) is 0 Å². The first-order chi connectivity index (χ1) is 28.2. The molecule has 0 saturated carbocycles. The van der Waals surface area contributed by atoms with Crippen LogP contribution in [0.3, 0.4) is 0 Å². The number of thiophene rings is 1. The van der Waals surface area contributed by atoms with Gasteiger partial charge in [0.25, 0.3) is 0 Å². The molecule has 0 aliphatic carbocycles. The molecule has 0 spiro atoms. The van der Waals surface area contributed by atoms with Crippen LogP contribution in [0.1, 0.15) is 0 Å². The Bertz CT molecular complexity index is 3530. The van der Waals surface area contributed by atoms with Crippen LogP contribution in [0.25, 0.3) is 96.9 Å². The van der Waals surface area contributed by atoms with Crippen LogP contribution in [-0.2, 0) is 0 Å². The summed E-state index contributed by atoms with van der Waals surface area (Å²) in [5.41, 5.74) is 8.32. The summed E-state index contributed by atoms with van der Waals surface area (Å²) in [6, 6.07) is 69.8. The van der Waals surface area contributed by atoms with E-state index in [9.17, 15) is 0 Å². The topological polar surface area (TPSA) is 29.3 Å². The largest absolute Gasteiger partial charge is 0.435 e. The van der Waals surface area contributed by atoms with E-state index >= 15 is 0 Å². The predicted octanol–water partition coefficient (Wildman–Crippen LogP) is 15.6. The third kappa shape index (κ3) is 5.22. The number of hydrogen-bond acceptors (Lipinski definition) is 4. The molecule has 0 amide bonds. The molecule has 2 heterocycles. The van der Waals surface area contributed by atoms with Gasteiger partial charge in [0, 0.05) is 53.6 Å². The molecule has 57 heavy (non-hydrogen) atoms. The number of anilines is 3. The third-order valence-electron chi connectivity index (χ3n) is 11.4. The van der Waals surface area contributed by atoms with E-state index in [2.05, 4.69) is 199 Å². The Balaban J connectivity index is 0.979. The molecule has 266 valence electrons. The summed E-state index contributed by atoms with van der Waals surface area (Å²) >= 11 is 1.85. The smallest absolute Gasteiger partial charge is 0.227 e. The van der Waals surface area contributed by atoms with E-state index in [0.29, 0.717) is 5.89 Å². The SMILES string of the molecule is c1ccc(N(c2ccc3c(ccc4ccc5ccc6nc(-c7ccc(-c8ccc9ccccc9c8)cc7)oc6c5c43)c2)c2ccc3c(c2)sc2ccccc23)cc1. The highest BCUT2D eigenvalue weighted by Crippen LogP contribution is 2.43. The molecular weight excluding hydrogens is 713 g/mol. The molecule has 0 radical (unpaired) electrons. The first-order valence-electron chi connectivity index (χ1n) is 19.3. The Morgan fingerprint density at radius 3 is 1.88 bits per heavy atom. The molecule has 0 bridgehead atoms. The van der Waals surface area contributed by atoms with Gasteiger partial charge in [0.1, 0.15) is 5.52 Å². The first-order valence-corrected chi connectivity index (χ1v) is 20.1. The van der Waals surface area contributed by atoms with Crippen molar-refractivity contribution in [2.24, 2.45) is 0 Å². The Hall–Kier alpha value is -7.27. The number of aromatic nitrogens is 1. The summed E-state index contributed by atoms with van der Waals surface area (Å²) in [5.74, 6) is 0.621. The van der Waals surface area contributed by atoms with Gasteiger partial charge in [-0.1, -0.05) is 127 Å². The Morgan fingerprint density at radius 2 is 1.02 bits per heavy atom. The lowest BCUT2D eigenvalue weighted by Gasteiger charge is -2.26. The molecule has 2 aromatic heterocycles. The van der Waals surface area contributed by atoms with Gasteiger partial charge in [0.2, 0.25) is 5.89 Å². The zero-order valence-electron chi connectivity index (χ0n) is 30.7. The molecule has 0 aliphatic heterocycles. The second-order valence-electron chi connectivity index (χ2n) is 14.8. The van der Waals surface area contributed by atoms with Gasteiger partial charge < -0.3 is 9.32 Å². The van der Waals surface area contributed by atoms with Gasteiger partial charge in [0.15, 0.2) is 5.58 Å². The number of benzene rings is 10. The van der Waals surface area contributed by atoms with Gasteiger partial charge in [-0.2, -0.15) is 0 Å². The summed E-state index contributed by atoms with van der Waals surface area (Å²) in [4.78, 5) is 7.39. The van der Waals surface area contributed by atoms with E-state index in [1.165, 1.54) is 52.7 Å². The van der Waals surface area contributed by atoms with Crippen LogP contribution in [0.15, 0.2) is 199 Å². The highest BCUT2D eigenvalue weighted by atomic mass is 32.1. The summed E-state index contributed by atoms with van der Waals surface area (Å²) in [5, 5.41) is 12.0. The lowest BCUT2D eigenvalue weighted by atomic mass is 9.95. The number of para-hydroxylation sites is 1. The Labute approximate surface area is 332 Å². The standard InChI is InChI=1S/C53H32N2OS/c1-2-10-41(11-3-1)55(43-26-28-46-45-12-6-7-13-48(45)57-49(46)32-43)42-25-27-44-40(31-42)23-19-35-17-18-36-24-29-47-52(51(36)50(35)44)56-53(54-47)37-20-14-34(15-21-37)39-22-16-33-8-4-5-9-38(33)30-39/h1-32H. The maximum Gasteiger partial charge on any atom is 0.227 e. The van der Waals surface area contributed by atoms with Crippen molar-refractivity contribution in [3.63, 3.8) is 0 Å².